The molecule has 0 saturated carbocycles. The first kappa shape index (κ1) is 11.6. The van der Waals surface area contributed by atoms with Crippen LogP contribution in [0, 0.1) is 0 Å². The Balaban J connectivity index is 2.10. The maximum Gasteiger partial charge on any atom is 0.416 e. The van der Waals surface area contributed by atoms with Crippen LogP contribution in [0.1, 0.15) is 5.56 Å². The lowest BCUT2D eigenvalue weighted by molar-refractivity contribution is -0.137. The SMILES string of the molecule is FC(F)(F)c1cccc(-c2cnc3ncnn3c2)c1. The number of hydrogen-bond donors (Lipinski definition) is 0. The molecule has 0 radical (unpaired) electrons. The highest BCUT2D eigenvalue weighted by Crippen LogP contribution is 2.31. The quantitative estimate of drug-likeness (QED) is 0.678. The molecule has 0 fully saturated rings. The van der Waals surface area contributed by atoms with Crippen molar-refractivity contribution in [1.29, 1.82) is 0 Å². The first-order valence-corrected chi connectivity index (χ1v) is 5.37. The fourth-order valence-corrected chi connectivity index (χ4v) is 1.74. The zero-order chi connectivity index (χ0) is 13.5. The predicted molar refractivity (Wildman–Crippen MR) is 61.2 cm³/mol. The van der Waals surface area contributed by atoms with Crippen LogP contribution < -0.4 is 0 Å². The van der Waals surface area contributed by atoms with E-state index < -0.39 is 11.7 Å². The Morgan fingerprint density at radius 2 is 1.89 bits per heavy atom. The average Bonchev–Trinajstić information content (AvgIpc) is 2.85. The van der Waals surface area contributed by atoms with Gasteiger partial charge in [0.05, 0.1) is 5.56 Å². The molecule has 0 bridgehead atoms. The normalized spacial score (nSPS) is 11.9. The van der Waals surface area contributed by atoms with Gasteiger partial charge in [0.15, 0.2) is 0 Å². The maximum absolute atomic E-state index is 12.6. The van der Waals surface area contributed by atoms with E-state index in [1.807, 2.05) is 0 Å². The summed E-state index contributed by atoms with van der Waals surface area (Å²) in [6, 6.07) is 5.07. The van der Waals surface area contributed by atoms with E-state index in [9.17, 15) is 13.2 Å². The standard InChI is InChI=1S/C12H7F3N4/c13-12(14,15)10-3-1-2-8(4-10)9-5-16-11-17-7-18-19(11)6-9/h1-7H. The minimum absolute atomic E-state index is 0.399. The highest BCUT2D eigenvalue weighted by molar-refractivity contribution is 5.63. The van der Waals surface area contributed by atoms with Crippen LogP contribution in [0.25, 0.3) is 16.9 Å². The zero-order valence-electron chi connectivity index (χ0n) is 9.46. The number of aromatic nitrogens is 4. The van der Waals surface area contributed by atoms with Gasteiger partial charge in [0.25, 0.3) is 5.78 Å². The molecule has 0 N–H and O–H groups in total. The molecule has 0 aliphatic heterocycles. The van der Waals surface area contributed by atoms with Gasteiger partial charge in [-0.3, -0.25) is 0 Å². The molecule has 2 aromatic heterocycles. The molecule has 96 valence electrons. The maximum atomic E-state index is 12.6. The lowest BCUT2D eigenvalue weighted by Crippen LogP contribution is -2.04. The molecule has 3 aromatic rings. The molecule has 0 amide bonds. The van der Waals surface area contributed by atoms with Crippen LogP contribution in [0.4, 0.5) is 13.2 Å². The van der Waals surface area contributed by atoms with Gasteiger partial charge < -0.3 is 0 Å². The number of nitrogens with zero attached hydrogens (tertiary/aromatic N) is 4. The first-order chi connectivity index (χ1) is 9.04. The van der Waals surface area contributed by atoms with Crippen LogP contribution in [0.3, 0.4) is 0 Å². The number of alkyl halides is 3. The van der Waals surface area contributed by atoms with Crippen molar-refractivity contribution in [3.8, 4) is 11.1 Å². The van der Waals surface area contributed by atoms with Gasteiger partial charge in [-0.25, -0.2) is 9.50 Å². The topological polar surface area (TPSA) is 43.1 Å². The zero-order valence-corrected chi connectivity index (χ0v) is 9.46. The van der Waals surface area contributed by atoms with E-state index in [1.165, 1.54) is 23.1 Å². The Morgan fingerprint density at radius 1 is 1.05 bits per heavy atom. The van der Waals surface area contributed by atoms with Gasteiger partial charge in [0, 0.05) is 18.0 Å². The van der Waals surface area contributed by atoms with Crippen LogP contribution in [0.5, 0.6) is 0 Å². The van der Waals surface area contributed by atoms with Crippen LogP contribution in [0.2, 0.25) is 0 Å². The summed E-state index contributed by atoms with van der Waals surface area (Å²) < 4.78 is 39.3. The largest absolute Gasteiger partial charge is 0.416 e. The predicted octanol–water partition coefficient (Wildman–Crippen LogP) is 2.81. The Hall–Kier alpha value is -2.44. The molecule has 0 aliphatic rings. The van der Waals surface area contributed by atoms with Crippen LogP contribution in [-0.4, -0.2) is 19.6 Å². The summed E-state index contributed by atoms with van der Waals surface area (Å²) in [6.07, 6.45) is 0.0311. The summed E-state index contributed by atoms with van der Waals surface area (Å²) >= 11 is 0. The number of halogens is 3. The number of hydrogen-bond acceptors (Lipinski definition) is 3. The van der Waals surface area contributed by atoms with Gasteiger partial charge >= 0.3 is 6.18 Å². The number of benzene rings is 1. The molecule has 4 nitrogen and oxygen atoms in total. The van der Waals surface area contributed by atoms with Gasteiger partial charge in [0.1, 0.15) is 6.33 Å². The third-order valence-corrected chi connectivity index (χ3v) is 2.66. The highest BCUT2D eigenvalue weighted by atomic mass is 19.4. The molecule has 0 aliphatic carbocycles. The van der Waals surface area contributed by atoms with Crippen molar-refractivity contribution in [1.82, 2.24) is 19.6 Å². The molecular weight excluding hydrogens is 257 g/mol. The van der Waals surface area contributed by atoms with Crippen LogP contribution in [-0.2, 0) is 6.18 Å². The summed E-state index contributed by atoms with van der Waals surface area (Å²) in [4.78, 5) is 7.89. The second-order valence-electron chi connectivity index (χ2n) is 3.93. The van der Waals surface area contributed by atoms with E-state index in [2.05, 4.69) is 15.1 Å². The number of rotatable bonds is 1. The average molecular weight is 264 g/mol. The van der Waals surface area contributed by atoms with E-state index in [-0.39, 0.29) is 0 Å². The van der Waals surface area contributed by atoms with Crippen molar-refractivity contribution in [3.63, 3.8) is 0 Å². The van der Waals surface area contributed by atoms with E-state index in [0.29, 0.717) is 16.9 Å². The number of fused-ring (bicyclic) bond motifs is 1. The van der Waals surface area contributed by atoms with Gasteiger partial charge in [-0.05, 0) is 17.7 Å². The molecule has 0 atom stereocenters. The van der Waals surface area contributed by atoms with Crippen molar-refractivity contribution < 1.29 is 13.2 Å². The van der Waals surface area contributed by atoms with Crippen LogP contribution in [0.15, 0.2) is 43.0 Å². The summed E-state index contributed by atoms with van der Waals surface area (Å²) in [5, 5.41) is 3.90. The van der Waals surface area contributed by atoms with Crippen molar-refractivity contribution in [2.24, 2.45) is 0 Å². The van der Waals surface area contributed by atoms with Gasteiger partial charge in [0.2, 0.25) is 0 Å². The fraction of sp³-hybridized carbons (Fsp3) is 0.0833. The smallest absolute Gasteiger partial charge is 0.219 e. The van der Waals surface area contributed by atoms with Gasteiger partial charge in [-0.15, -0.1) is 0 Å². The molecule has 0 unspecified atom stereocenters. The van der Waals surface area contributed by atoms with E-state index >= 15 is 0 Å². The first-order valence-electron chi connectivity index (χ1n) is 5.37. The molecule has 0 spiro atoms. The lowest BCUT2D eigenvalue weighted by atomic mass is 10.1. The van der Waals surface area contributed by atoms with E-state index in [4.69, 9.17) is 0 Å². The summed E-state index contributed by atoms with van der Waals surface area (Å²) in [6.45, 7) is 0. The van der Waals surface area contributed by atoms with E-state index in [1.54, 1.807) is 12.3 Å². The molecule has 19 heavy (non-hydrogen) atoms. The molecule has 3 rings (SSSR count). The Labute approximate surface area is 105 Å². The third kappa shape index (κ3) is 2.14. The van der Waals surface area contributed by atoms with Crippen molar-refractivity contribution in [2.45, 2.75) is 6.18 Å². The Kier molecular flexibility index (Phi) is 2.48. The van der Waals surface area contributed by atoms with Crippen LogP contribution >= 0.6 is 0 Å². The second-order valence-corrected chi connectivity index (χ2v) is 3.93. The fourth-order valence-electron chi connectivity index (χ4n) is 1.74. The molecule has 1 aromatic carbocycles. The van der Waals surface area contributed by atoms with Crippen molar-refractivity contribution in [2.75, 3.05) is 0 Å². The summed E-state index contributed by atoms with van der Waals surface area (Å²) in [7, 11) is 0. The van der Waals surface area contributed by atoms with Gasteiger partial charge in [-0.1, -0.05) is 12.1 Å². The second kappa shape index (κ2) is 4.04. The van der Waals surface area contributed by atoms with E-state index in [0.717, 1.165) is 12.1 Å². The van der Waals surface area contributed by atoms with Gasteiger partial charge in [-0.2, -0.15) is 23.3 Å². The third-order valence-electron chi connectivity index (χ3n) is 2.66. The molecule has 7 heteroatoms. The Morgan fingerprint density at radius 3 is 2.68 bits per heavy atom. The molecular formula is C12H7F3N4. The Bertz CT molecular complexity index is 733. The molecule has 0 saturated heterocycles. The van der Waals surface area contributed by atoms with Crippen molar-refractivity contribution >= 4 is 5.78 Å². The highest BCUT2D eigenvalue weighted by Gasteiger charge is 2.30. The minimum Gasteiger partial charge on any atom is -0.219 e. The monoisotopic (exact) mass is 264 g/mol. The summed E-state index contributed by atoms with van der Waals surface area (Å²) in [5.41, 5.74) is 0.285. The minimum atomic E-state index is -4.36. The lowest BCUT2D eigenvalue weighted by Gasteiger charge is -2.08. The molecule has 2 heterocycles. The van der Waals surface area contributed by atoms with Crippen molar-refractivity contribution in [3.05, 3.63) is 48.5 Å². The summed E-state index contributed by atoms with van der Waals surface area (Å²) in [5.74, 6) is 0.399.